The molecule has 0 aliphatic carbocycles. The van der Waals surface area contributed by atoms with Gasteiger partial charge in [0, 0.05) is 6.42 Å². The number of aliphatic hydroxyl groups excluding tert-OH is 1. The van der Waals surface area contributed by atoms with Crippen molar-refractivity contribution in [3.63, 3.8) is 0 Å². The third kappa shape index (κ3) is 51.4. The lowest BCUT2D eigenvalue weighted by atomic mass is 10.0. The quantitative estimate of drug-likeness (QED) is 0.0357. The van der Waals surface area contributed by atoms with Crippen LogP contribution in [0.2, 0.25) is 0 Å². The van der Waals surface area contributed by atoms with E-state index in [4.69, 9.17) is 9.05 Å². The van der Waals surface area contributed by atoms with E-state index in [2.05, 4.69) is 19.2 Å². The number of amides is 1. The lowest BCUT2D eigenvalue weighted by molar-refractivity contribution is -0.870. The van der Waals surface area contributed by atoms with E-state index in [1.165, 1.54) is 244 Å². The summed E-state index contributed by atoms with van der Waals surface area (Å²) < 4.78 is 23.4. The summed E-state index contributed by atoms with van der Waals surface area (Å²) in [5.41, 5.74) is 0. The van der Waals surface area contributed by atoms with Crippen LogP contribution in [0.5, 0.6) is 0 Å². The molecule has 0 saturated heterocycles. The molecular weight excluding hydrogens is 840 g/mol. The number of rotatable bonds is 55. The largest absolute Gasteiger partial charge is 0.756 e. The van der Waals surface area contributed by atoms with Gasteiger partial charge in [0.05, 0.1) is 39.9 Å². The van der Waals surface area contributed by atoms with E-state index in [1.807, 2.05) is 21.1 Å². The van der Waals surface area contributed by atoms with Crippen molar-refractivity contribution >= 4 is 13.7 Å². The Balaban J connectivity index is 4.03. The lowest BCUT2D eigenvalue weighted by Crippen LogP contribution is -2.46. The average Bonchev–Trinajstić information content (AvgIpc) is 3.28. The number of carbonyl (C=O) groups excluding carboxylic acids is 1. The number of carbonyl (C=O) groups is 1. The third-order valence-corrected chi connectivity index (χ3v) is 14.8. The number of hydrogen-bond acceptors (Lipinski definition) is 6. The Labute approximate surface area is 412 Å². The molecular formula is C57H117N2O6P. The lowest BCUT2D eigenvalue weighted by Gasteiger charge is -2.30. The first-order valence-electron chi connectivity index (χ1n) is 29.4. The molecule has 0 saturated carbocycles. The van der Waals surface area contributed by atoms with Crippen LogP contribution in [0, 0.1) is 0 Å². The Morgan fingerprint density at radius 2 is 0.742 bits per heavy atom. The van der Waals surface area contributed by atoms with Gasteiger partial charge in [0.15, 0.2) is 0 Å². The van der Waals surface area contributed by atoms with Crippen LogP contribution in [0.3, 0.4) is 0 Å². The second-order valence-electron chi connectivity index (χ2n) is 21.7. The first-order valence-corrected chi connectivity index (χ1v) is 30.8. The monoisotopic (exact) mass is 957 g/mol. The number of hydrogen-bond donors (Lipinski definition) is 2. The van der Waals surface area contributed by atoms with Crippen molar-refractivity contribution in [3.8, 4) is 0 Å². The molecule has 9 heteroatoms. The van der Waals surface area contributed by atoms with E-state index in [1.54, 1.807) is 0 Å². The molecule has 8 nitrogen and oxygen atoms in total. The fourth-order valence-corrected chi connectivity index (χ4v) is 9.94. The summed E-state index contributed by atoms with van der Waals surface area (Å²) in [6, 6.07) is -0.795. The molecule has 3 atom stereocenters. The van der Waals surface area contributed by atoms with Crippen molar-refractivity contribution in [2.45, 2.75) is 321 Å². The normalized spacial score (nSPS) is 13.9. The maximum atomic E-state index is 12.9. The van der Waals surface area contributed by atoms with Crippen LogP contribution in [-0.4, -0.2) is 68.5 Å². The third-order valence-electron chi connectivity index (χ3n) is 13.8. The van der Waals surface area contributed by atoms with Crippen molar-refractivity contribution in [3.05, 3.63) is 0 Å². The predicted molar refractivity (Wildman–Crippen MR) is 284 cm³/mol. The van der Waals surface area contributed by atoms with Crippen LogP contribution in [0.4, 0.5) is 0 Å². The zero-order chi connectivity index (χ0) is 48.5. The molecule has 1 amide bonds. The minimum absolute atomic E-state index is 0.0166. The Bertz CT molecular complexity index is 1040. The molecule has 0 aromatic carbocycles. The predicted octanol–water partition coefficient (Wildman–Crippen LogP) is 17.0. The molecule has 0 bridgehead atoms. The second-order valence-corrected chi connectivity index (χ2v) is 23.1. The summed E-state index contributed by atoms with van der Waals surface area (Å²) in [7, 11) is 1.32. The molecule has 0 radical (unpaired) electrons. The fourth-order valence-electron chi connectivity index (χ4n) is 9.22. The molecule has 0 aromatic rings. The van der Waals surface area contributed by atoms with Crippen molar-refractivity contribution in [2.24, 2.45) is 0 Å². The van der Waals surface area contributed by atoms with Gasteiger partial charge in [-0.05, 0) is 12.8 Å². The SMILES string of the molecule is CCCCCCCCCCCCCCCCCCCCCCCCCCCCCCCC(O)C(COP(=O)([O-])OCC[N+](C)(C)C)NC(=O)CCCCCCCCCCCCCCCCC. The second kappa shape index (κ2) is 49.5. The highest BCUT2D eigenvalue weighted by Crippen LogP contribution is 2.38. The molecule has 396 valence electrons. The van der Waals surface area contributed by atoms with E-state index in [9.17, 15) is 19.4 Å². The van der Waals surface area contributed by atoms with Gasteiger partial charge >= 0.3 is 0 Å². The van der Waals surface area contributed by atoms with Gasteiger partial charge in [-0.25, -0.2) is 0 Å². The summed E-state index contributed by atoms with van der Waals surface area (Å²) in [5.74, 6) is -0.158. The minimum atomic E-state index is -4.57. The van der Waals surface area contributed by atoms with Crippen molar-refractivity contribution in [2.75, 3.05) is 40.9 Å². The van der Waals surface area contributed by atoms with Crippen LogP contribution in [-0.2, 0) is 18.4 Å². The zero-order valence-electron chi connectivity index (χ0n) is 45.2. The maximum Gasteiger partial charge on any atom is 0.268 e. The van der Waals surface area contributed by atoms with Crippen molar-refractivity contribution in [1.29, 1.82) is 0 Å². The summed E-state index contributed by atoms with van der Waals surface area (Å²) in [6.45, 7) is 4.77. The van der Waals surface area contributed by atoms with E-state index < -0.39 is 20.0 Å². The van der Waals surface area contributed by atoms with Crippen LogP contribution in [0.15, 0.2) is 0 Å². The molecule has 66 heavy (non-hydrogen) atoms. The van der Waals surface area contributed by atoms with E-state index in [0.717, 1.165) is 38.5 Å². The number of phosphoric ester groups is 1. The molecule has 0 aliphatic heterocycles. The van der Waals surface area contributed by atoms with Crippen LogP contribution >= 0.6 is 7.82 Å². The highest BCUT2D eigenvalue weighted by atomic mass is 31.2. The van der Waals surface area contributed by atoms with Gasteiger partial charge in [-0.1, -0.05) is 290 Å². The number of likely N-dealkylation sites (N-methyl/N-ethyl adjacent to an activating group) is 1. The minimum Gasteiger partial charge on any atom is -0.756 e. The number of aliphatic hydroxyl groups is 1. The number of phosphoric acid groups is 1. The molecule has 0 rings (SSSR count). The van der Waals surface area contributed by atoms with Crippen LogP contribution in [0.25, 0.3) is 0 Å². The van der Waals surface area contributed by atoms with Gasteiger partial charge in [-0.2, -0.15) is 0 Å². The molecule has 0 spiro atoms. The van der Waals surface area contributed by atoms with E-state index in [0.29, 0.717) is 23.9 Å². The molecule has 0 aliphatic rings. The Morgan fingerprint density at radius 1 is 0.470 bits per heavy atom. The summed E-state index contributed by atoms with van der Waals surface area (Å²) in [4.78, 5) is 25.5. The molecule has 0 heterocycles. The van der Waals surface area contributed by atoms with Gasteiger partial charge in [0.1, 0.15) is 13.2 Å². The number of quaternary nitrogens is 1. The van der Waals surface area contributed by atoms with Gasteiger partial charge in [-0.15, -0.1) is 0 Å². The van der Waals surface area contributed by atoms with E-state index >= 15 is 0 Å². The van der Waals surface area contributed by atoms with Gasteiger partial charge in [-0.3, -0.25) is 9.36 Å². The molecule has 2 N–H and O–H groups in total. The number of nitrogens with one attached hydrogen (secondary N) is 1. The van der Waals surface area contributed by atoms with Crippen LogP contribution < -0.4 is 10.2 Å². The van der Waals surface area contributed by atoms with Crippen molar-refractivity contribution in [1.82, 2.24) is 5.32 Å². The Kier molecular flexibility index (Phi) is 49.1. The fraction of sp³-hybridized carbons (Fsp3) is 0.982. The topological polar surface area (TPSA) is 108 Å². The van der Waals surface area contributed by atoms with Gasteiger partial charge in [0.2, 0.25) is 5.91 Å². The van der Waals surface area contributed by atoms with Gasteiger partial charge in [0.25, 0.3) is 7.82 Å². The summed E-state index contributed by atoms with van der Waals surface area (Å²) in [5, 5.41) is 14.0. The van der Waals surface area contributed by atoms with Crippen molar-refractivity contribution < 1.29 is 32.9 Å². The first kappa shape index (κ1) is 65.5. The van der Waals surface area contributed by atoms with E-state index in [-0.39, 0.29) is 19.1 Å². The smallest absolute Gasteiger partial charge is 0.268 e. The standard InChI is InChI=1S/C57H117N2O6P/c1-6-8-10-12-14-16-18-20-22-23-24-25-26-27-28-29-30-31-32-33-34-35-37-38-40-42-44-46-48-50-56(60)55(54-65-66(62,63)64-53-52-59(3,4)5)58-57(61)51-49-47-45-43-41-39-36-21-19-17-15-13-11-9-7-2/h55-56,60H,6-54H2,1-5H3,(H-,58,61,62,63). The Hall–Kier alpha value is -0.500. The number of unbranched alkanes of at least 4 members (excludes halogenated alkanes) is 42. The number of nitrogens with zero attached hydrogens (tertiary/aromatic N) is 1. The van der Waals surface area contributed by atoms with Crippen LogP contribution in [0.1, 0.15) is 309 Å². The molecule has 3 unspecified atom stereocenters. The Morgan fingerprint density at radius 3 is 1.03 bits per heavy atom. The molecule has 0 aromatic heterocycles. The van der Waals surface area contributed by atoms with Gasteiger partial charge < -0.3 is 28.8 Å². The molecule has 0 fully saturated rings. The average molecular weight is 958 g/mol. The highest BCUT2D eigenvalue weighted by molar-refractivity contribution is 7.45. The first-order chi connectivity index (χ1) is 32.0. The maximum absolute atomic E-state index is 12.9. The summed E-state index contributed by atoms with van der Waals surface area (Å²) >= 11 is 0. The highest BCUT2D eigenvalue weighted by Gasteiger charge is 2.24. The zero-order valence-corrected chi connectivity index (χ0v) is 46.1. The summed E-state index contributed by atoms with van der Waals surface area (Å²) in [6.07, 6.45) is 58.6.